The number of carbonyl (C=O) groups excluding carboxylic acids is 4. The Labute approximate surface area is 205 Å². The molecule has 0 heterocycles. The Morgan fingerprint density at radius 3 is 1.97 bits per heavy atom. The van der Waals surface area contributed by atoms with Gasteiger partial charge < -0.3 is 19.6 Å². The first-order valence-corrected chi connectivity index (χ1v) is 10.2. The van der Waals surface area contributed by atoms with E-state index in [1.54, 1.807) is 31.2 Å². The van der Waals surface area contributed by atoms with Crippen molar-refractivity contribution in [3.8, 4) is 11.1 Å². The lowest BCUT2D eigenvalue weighted by atomic mass is 10.0. The quantitative estimate of drug-likeness (QED) is 0.393. The smallest absolute Gasteiger partial charge is 0.379 e. The molecular weight excluding hydrogens is 488 g/mol. The molecule has 0 aliphatic carbocycles. The molecule has 1 N–H and O–H groups in total. The fraction of sp³-hybridized carbons (Fsp3) is 0.0833. The van der Waals surface area contributed by atoms with E-state index in [4.69, 9.17) is 37.5 Å². The summed E-state index contributed by atoms with van der Waals surface area (Å²) in [5.41, 5.74) is 2.72. The first-order valence-electron chi connectivity index (χ1n) is 9.46. The maximum atomic E-state index is 12.4. The van der Waals surface area contributed by atoms with Gasteiger partial charge in [-0.1, -0.05) is 41.4 Å². The van der Waals surface area contributed by atoms with Crippen LogP contribution in [0.15, 0.2) is 60.7 Å². The Bertz CT molecular complexity index is 1120. The van der Waals surface area contributed by atoms with Crippen molar-refractivity contribution >= 4 is 60.1 Å². The molecule has 10 heteroatoms. The Morgan fingerprint density at radius 2 is 1.44 bits per heavy atom. The van der Waals surface area contributed by atoms with Gasteiger partial charge in [0.15, 0.2) is 0 Å². The highest BCUT2D eigenvalue weighted by molar-refractivity contribution is 6.36. The number of hydrogen-bond donors (Lipinski definition) is 1. The summed E-state index contributed by atoms with van der Waals surface area (Å²) < 4.78 is 17.3. The molecule has 0 atom stereocenters. The molecule has 0 aliphatic heterocycles. The number of ether oxygens (including phenoxy) is 1. The van der Waals surface area contributed by atoms with Gasteiger partial charge >= 0.3 is 11.9 Å². The van der Waals surface area contributed by atoms with E-state index < -0.39 is 11.9 Å². The van der Waals surface area contributed by atoms with Crippen molar-refractivity contribution in [2.45, 2.75) is 6.92 Å². The lowest BCUT2D eigenvalue weighted by molar-refractivity contribution is -0.0987. The lowest BCUT2D eigenvalue weighted by Crippen LogP contribution is -2.08. The topological polar surface area (TPSA) is 98.8 Å². The first-order chi connectivity index (χ1) is 16.4. The van der Waals surface area contributed by atoms with E-state index in [9.17, 15) is 14.1 Å². The molecule has 0 aliphatic rings. The molecule has 7 nitrogen and oxygen atoms in total. The van der Waals surface area contributed by atoms with Gasteiger partial charge in [0.25, 0.3) is 0 Å². The molecule has 0 amide bonds. The standard InChI is InChI=1S/C22H16Cl2FNO4.2CH2O/c1-2-29-21(27)14-9-15(22(28)30-25)11-18(10-14)26-17-6-3-13(4-7-17)19-8-5-16(23)12-20(19)24;2*1-2/h3-12,26H,2H2,1H3;2*1H2. The van der Waals surface area contributed by atoms with Crippen molar-refractivity contribution in [3.63, 3.8) is 0 Å². The summed E-state index contributed by atoms with van der Waals surface area (Å²) in [6.45, 7) is 5.82. The number of hydrogen-bond acceptors (Lipinski definition) is 7. The summed E-state index contributed by atoms with van der Waals surface area (Å²) >= 11 is 12.2. The van der Waals surface area contributed by atoms with Crippen molar-refractivity contribution in [3.05, 3.63) is 81.8 Å². The van der Waals surface area contributed by atoms with Crippen LogP contribution in [-0.2, 0) is 19.3 Å². The van der Waals surface area contributed by atoms with Crippen molar-refractivity contribution in [1.82, 2.24) is 0 Å². The molecule has 0 radical (unpaired) electrons. The van der Waals surface area contributed by atoms with Crippen molar-refractivity contribution in [1.29, 1.82) is 0 Å². The van der Waals surface area contributed by atoms with Crippen LogP contribution in [0, 0.1) is 0 Å². The van der Waals surface area contributed by atoms with Gasteiger partial charge in [-0.15, -0.1) is 0 Å². The number of nitrogens with one attached hydrogen (secondary N) is 1. The third-order valence-electron chi connectivity index (χ3n) is 4.17. The second-order valence-electron chi connectivity index (χ2n) is 6.21. The maximum absolute atomic E-state index is 12.4. The van der Waals surface area contributed by atoms with E-state index in [0.29, 0.717) is 21.4 Å². The third-order valence-corrected chi connectivity index (χ3v) is 4.71. The number of benzene rings is 3. The Hall–Kier alpha value is -3.75. The SMILES string of the molecule is C=O.C=O.CCOC(=O)c1cc(Nc2ccc(-c3ccc(Cl)cc3Cl)cc2)cc(C(=O)OF)c1. The van der Waals surface area contributed by atoms with Crippen molar-refractivity contribution < 1.29 is 33.4 Å². The van der Waals surface area contributed by atoms with E-state index in [2.05, 4.69) is 10.3 Å². The van der Waals surface area contributed by atoms with Crippen LogP contribution in [0.25, 0.3) is 11.1 Å². The molecule has 3 aromatic rings. The number of halogens is 3. The van der Waals surface area contributed by atoms with Gasteiger partial charge in [-0.25, -0.2) is 14.5 Å². The van der Waals surface area contributed by atoms with Gasteiger partial charge in [0, 0.05) is 31.5 Å². The van der Waals surface area contributed by atoms with Gasteiger partial charge in [0.05, 0.1) is 17.7 Å². The summed E-state index contributed by atoms with van der Waals surface area (Å²) in [6.07, 6.45) is 0. The summed E-state index contributed by atoms with van der Waals surface area (Å²) in [5, 5.41) is 4.15. The lowest BCUT2D eigenvalue weighted by Gasteiger charge is -2.11. The average molecular weight is 508 g/mol. The Kier molecular flexibility index (Phi) is 12.0. The van der Waals surface area contributed by atoms with E-state index in [1.807, 2.05) is 31.8 Å². The van der Waals surface area contributed by atoms with Crippen LogP contribution in [0.4, 0.5) is 15.9 Å². The molecule has 0 unspecified atom stereocenters. The third kappa shape index (κ3) is 7.68. The molecule has 178 valence electrons. The zero-order chi connectivity index (χ0) is 25.7. The van der Waals surface area contributed by atoms with Gasteiger partial charge in [-0.3, -0.25) is 0 Å². The number of carbonyl (C=O) groups is 4. The van der Waals surface area contributed by atoms with Gasteiger partial charge in [0.1, 0.15) is 13.6 Å². The van der Waals surface area contributed by atoms with Crippen LogP contribution >= 0.6 is 23.2 Å². The van der Waals surface area contributed by atoms with Gasteiger partial charge in [-0.05, 0) is 55.0 Å². The van der Waals surface area contributed by atoms with Crippen LogP contribution in [0.2, 0.25) is 10.0 Å². The zero-order valence-electron chi connectivity index (χ0n) is 18.0. The Balaban J connectivity index is 0.00000137. The predicted octanol–water partition coefficient (Wildman–Crippen LogP) is 6.25. The van der Waals surface area contributed by atoms with Crippen LogP contribution < -0.4 is 5.32 Å². The van der Waals surface area contributed by atoms with Gasteiger partial charge in [-0.2, -0.15) is 0 Å². The van der Waals surface area contributed by atoms with Crippen molar-refractivity contribution in [2.24, 2.45) is 0 Å². The highest BCUT2D eigenvalue weighted by Crippen LogP contribution is 2.31. The number of rotatable bonds is 6. The normalized spacial score (nSPS) is 9.41. The first kappa shape index (κ1) is 28.3. The molecular formula is C24H20Cl2FNO6. The summed E-state index contributed by atoms with van der Waals surface area (Å²) in [5.74, 6) is -1.85. The second kappa shape index (κ2) is 14.4. The van der Waals surface area contributed by atoms with Gasteiger partial charge in [0.2, 0.25) is 0 Å². The summed E-state index contributed by atoms with van der Waals surface area (Å²) in [6, 6.07) is 16.6. The minimum Gasteiger partial charge on any atom is -0.462 e. The molecule has 3 rings (SSSR count). The average Bonchev–Trinajstić information content (AvgIpc) is 2.86. The number of anilines is 2. The molecule has 3 aromatic carbocycles. The van der Waals surface area contributed by atoms with E-state index in [-0.39, 0.29) is 17.7 Å². The van der Waals surface area contributed by atoms with Crippen LogP contribution in [0.1, 0.15) is 27.6 Å². The van der Waals surface area contributed by atoms with E-state index in [0.717, 1.165) is 11.1 Å². The molecule has 34 heavy (non-hydrogen) atoms. The summed E-state index contributed by atoms with van der Waals surface area (Å²) in [4.78, 5) is 42.9. The predicted molar refractivity (Wildman–Crippen MR) is 128 cm³/mol. The highest BCUT2D eigenvalue weighted by Gasteiger charge is 2.16. The molecule has 0 bridgehead atoms. The van der Waals surface area contributed by atoms with E-state index in [1.165, 1.54) is 18.2 Å². The Morgan fingerprint density at radius 1 is 0.853 bits per heavy atom. The zero-order valence-corrected chi connectivity index (χ0v) is 19.5. The minimum atomic E-state index is -1.21. The van der Waals surface area contributed by atoms with Crippen LogP contribution in [0.5, 0.6) is 0 Å². The van der Waals surface area contributed by atoms with Crippen LogP contribution in [-0.4, -0.2) is 32.1 Å². The second-order valence-corrected chi connectivity index (χ2v) is 7.05. The minimum absolute atomic E-state index is 0.0896. The molecule has 0 fully saturated rings. The summed E-state index contributed by atoms with van der Waals surface area (Å²) in [7, 11) is 0. The molecule has 0 saturated heterocycles. The molecule has 0 saturated carbocycles. The highest BCUT2D eigenvalue weighted by atomic mass is 35.5. The van der Waals surface area contributed by atoms with E-state index >= 15 is 0 Å². The van der Waals surface area contributed by atoms with Crippen molar-refractivity contribution in [2.75, 3.05) is 11.9 Å². The van der Waals surface area contributed by atoms with Crippen LogP contribution in [0.3, 0.4) is 0 Å². The monoisotopic (exact) mass is 507 g/mol. The largest absolute Gasteiger partial charge is 0.462 e. The maximum Gasteiger partial charge on any atom is 0.379 e. The fourth-order valence-corrected chi connectivity index (χ4v) is 3.34. The molecule has 0 aromatic heterocycles. The fourth-order valence-electron chi connectivity index (χ4n) is 2.82. The molecule has 0 spiro atoms. The number of esters is 1.